The summed E-state index contributed by atoms with van der Waals surface area (Å²) in [5.41, 5.74) is 1.06. The van der Waals surface area contributed by atoms with Crippen molar-refractivity contribution < 1.29 is 14.9 Å². The summed E-state index contributed by atoms with van der Waals surface area (Å²) < 4.78 is 5.13. The number of phenols is 1. The van der Waals surface area contributed by atoms with E-state index >= 15 is 0 Å². The summed E-state index contributed by atoms with van der Waals surface area (Å²) in [6.45, 7) is 6.58. The lowest BCUT2D eigenvalue weighted by molar-refractivity contribution is 0.0662. The maximum Gasteiger partial charge on any atom is 0.160 e. The highest BCUT2D eigenvalue weighted by molar-refractivity contribution is 5.41. The number of rotatable bonds is 7. The quantitative estimate of drug-likeness (QED) is 0.803. The summed E-state index contributed by atoms with van der Waals surface area (Å²) in [5.74, 6) is 1.45. The Bertz CT molecular complexity index is 487. The van der Waals surface area contributed by atoms with Gasteiger partial charge in [-0.25, -0.2) is 0 Å². The number of hydrogen-bond donors (Lipinski definition) is 2. The van der Waals surface area contributed by atoms with Gasteiger partial charge in [-0.1, -0.05) is 13.0 Å². The molecule has 1 aliphatic rings. The van der Waals surface area contributed by atoms with E-state index in [-0.39, 0.29) is 11.9 Å². The van der Waals surface area contributed by atoms with Crippen LogP contribution in [0.5, 0.6) is 11.5 Å². The Morgan fingerprint density at radius 1 is 1.35 bits per heavy atom. The summed E-state index contributed by atoms with van der Waals surface area (Å²) in [4.78, 5) is 4.46. The average molecular weight is 322 g/mol. The van der Waals surface area contributed by atoms with Crippen molar-refractivity contribution in [3.05, 3.63) is 23.8 Å². The maximum atomic E-state index is 10.3. The highest BCUT2D eigenvalue weighted by atomic mass is 16.5. The minimum atomic E-state index is -0.340. The second-order valence-electron chi connectivity index (χ2n) is 6.84. The first-order chi connectivity index (χ1) is 11.0. The van der Waals surface area contributed by atoms with Crippen LogP contribution < -0.4 is 4.74 Å². The second-order valence-corrected chi connectivity index (χ2v) is 6.84. The van der Waals surface area contributed by atoms with E-state index < -0.39 is 0 Å². The lowest BCUT2D eigenvalue weighted by atomic mass is 9.99. The van der Waals surface area contributed by atoms with Gasteiger partial charge in [-0.05, 0) is 56.6 Å². The molecular formula is C18H30N2O3. The standard InChI is InChI=1S/C18H30N2O3/c1-14-6-8-20(9-7-14)13-16(21)12-19(2)11-15-4-5-17(22)18(10-15)23-3/h4-5,10,14,16,21-22H,6-9,11-13H2,1-3H3. The molecule has 0 spiro atoms. The molecule has 1 saturated heterocycles. The lowest BCUT2D eigenvalue weighted by Crippen LogP contribution is -2.42. The number of aromatic hydroxyl groups is 1. The van der Waals surface area contributed by atoms with Gasteiger partial charge in [0.05, 0.1) is 13.2 Å². The van der Waals surface area contributed by atoms with Gasteiger partial charge in [0.1, 0.15) is 0 Å². The molecule has 1 aliphatic heterocycles. The number of ether oxygens (including phenoxy) is 1. The largest absolute Gasteiger partial charge is 0.504 e. The molecule has 1 heterocycles. The molecule has 23 heavy (non-hydrogen) atoms. The van der Waals surface area contributed by atoms with Crippen molar-refractivity contribution in [3.63, 3.8) is 0 Å². The Hall–Kier alpha value is -1.30. The third-order valence-corrected chi connectivity index (χ3v) is 4.56. The molecule has 1 fully saturated rings. The smallest absolute Gasteiger partial charge is 0.160 e. The van der Waals surface area contributed by atoms with Crippen LogP contribution >= 0.6 is 0 Å². The summed E-state index contributed by atoms with van der Waals surface area (Å²) in [7, 11) is 3.55. The van der Waals surface area contributed by atoms with E-state index in [9.17, 15) is 10.2 Å². The summed E-state index contributed by atoms with van der Waals surface area (Å²) in [5, 5.41) is 19.9. The summed E-state index contributed by atoms with van der Waals surface area (Å²) in [6, 6.07) is 5.37. The second kappa shape index (κ2) is 8.52. The molecule has 0 radical (unpaired) electrons. The van der Waals surface area contributed by atoms with Crippen molar-refractivity contribution in [2.45, 2.75) is 32.4 Å². The Balaban J connectivity index is 1.78. The van der Waals surface area contributed by atoms with E-state index in [1.54, 1.807) is 13.2 Å². The first kappa shape index (κ1) is 18.0. The Labute approximate surface area is 139 Å². The molecule has 1 unspecified atom stereocenters. The van der Waals surface area contributed by atoms with Crippen molar-refractivity contribution in [2.24, 2.45) is 5.92 Å². The van der Waals surface area contributed by atoms with Gasteiger partial charge in [-0.15, -0.1) is 0 Å². The Morgan fingerprint density at radius 2 is 2.04 bits per heavy atom. The van der Waals surface area contributed by atoms with Gasteiger partial charge in [0.25, 0.3) is 0 Å². The normalized spacial score (nSPS) is 18.3. The third kappa shape index (κ3) is 5.68. The summed E-state index contributed by atoms with van der Waals surface area (Å²) in [6.07, 6.45) is 2.12. The Morgan fingerprint density at radius 3 is 2.70 bits per heavy atom. The molecule has 1 aromatic rings. The number of aliphatic hydroxyl groups excluding tert-OH is 1. The van der Waals surface area contributed by atoms with Gasteiger partial charge < -0.3 is 19.8 Å². The number of methoxy groups -OCH3 is 1. The van der Waals surface area contributed by atoms with E-state index in [2.05, 4.69) is 16.7 Å². The van der Waals surface area contributed by atoms with Crippen molar-refractivity contribution in [1.29, 1.82) is 0 Å². The zero-order valence-corrected chi connectivity index (χ0v) is 14.5. The summed E-state index contributed by atoms with van der Waals surface area (Å²) >= 11 is 0. The maximum absolute atomic E-state index is 10.3. The number of benzene rings is 1. The minimum absolute atomic E-state index is 0.151. The van der Waals surface area contributed by atoms with Crippen molar-refractivity contribution in [2.75, 3.05) is 40.3 Å². The van der Waals surface area contributed by atoms with Crippen LogP contribution in [0.2, 0.25) is 0 Å². The minimum Gasteiger partial charge on any atom is -0.504 e. The number of nitrogens with zero attached hydrogens (tertiary/aromatic N) is 2. The van der Waals surface area contributed by atoms with E-state index in [1.807, 2.05) is 19.2 Å². The Kier molecular flexibility index (Phi) is 6.69. The van der Waals surface area contributed by atoms with Crippen molar-refractivity contribution >= 4 is 0 Å². The molecule has 2 N–H and O–H groups in total. The van der Waals surface area contributed by atoms with Crippen LogP contribution in [0, 0.1) is 5.92 Å². The molecule has 5 heteroatoms. The molecule has 0 aliphatic carbocycles. The van der Waals surface area contributed by atoms with Crippen LogP contribution in [-0.2, 0) is 6.54 Å². The highest BCUT2D eigenvalue weighted by Crippen LogP contribution is 2.26. The van der Waals surface area contributed by atoms with Gasteiger partial charge in [0.15, 0.2) is 11.5 Å². The molecule has 0 aromatic heterocycles. The van der Waals surface area contributed by atoms with Crippen LogP contribution in [0.3, 0.4) is 0 Å². The lowest BCUT2D eigenvalue weighted by Gasteiger charge is -2.32. The van der Waals surface area contributed by atoms with Crippen LogP contribution in [0.1, 0.15) is 25.3 Å². The number of likely N-dealkylation sites (N-methyl/N-ethyl adjacent to an activating group) is 1. The molecule has 130 valence electrons. The monoisotopic (exact) mass is 322 g/mol. The number of hydrogen-bond acceptors (Lipinski definition) is 5. The van der Waals surface area contributed by atoms with Crippen LogP contribution in [-0.4, -0.2) is 66.5 Å². The zero-order chi connectivity index (χ0) is 16.8. The van der Waals surface area contributed by atoms with Gasteiger partial charge in [0.2, 0.25) is 0 Å². The number of phenolic OH excluding ortho intramolecular Hbond substituents is 1. The molecule has 1 aromatic carbocycles. The fourth-order valence-electron chi connectivity index (χ4n) is 3.16. The fraction of sp³-hybridized carbons (Fsp3) is 0.667. The van der Waals surface area contributed by atoms with Gasteiger partial charge >= 0.3 is 0 Å². The van der Waals surface area contributed by atoms with Gasteiger partial charge in [0, 0.05) is 19.6 Å². The fourth-order valence-corrected chi connectivity index (χ4v) is 3.16. The van der Waals surface area contributed by atoms with E-state index in [1.165, 1.54) is 12.8 Å². The zero-order valence-electron chi connectivity index (χ0n) is 14.5. The average Bonchev–Trinajstić information content (AvgIpc) is 2.51. The van der Waals surface area contributed by atoms with E-state index in [0.29, 0.717) is 18.8 Å². The molecule has 5 nitrogen and oxygen atoms in total. The molecule has 0 amide bonds. The first-order valence-corrected chi connectivity index (χ1v) is 8.42. The van der Waals surface area contributed by atoms with Crippen molar-refractivity contribution in [3.8, 4) is 11.5 Å². The molecule has 2 rings (SSSR count). The highest BCUT2D eigenvalue weighted by Gasteiger charge is 2.19. The van der Waals surface area contributed by atoms with E-state index in [0.717, 1.165) is 31.1 Å². The first-order valence-electron chi connectivity index (χ1n) is 8.42. The van der Waals surface area contributed by atoms with Gasteiger partial charge in [-0.2, -0.15) is 0 Å². The number of aliphatic hydroxyl groups is 1. The number of β-amino-alcohol motifs (C(OH)–C–C–N with tert-alkyl or cyclic N) is 1. The van der Waals surface area contributed by atoms with Crippen molar-refractivity contribution in [1.82, 2.24) is 9.80 Å². The topological polar surface area (TPSA) is 56.2 Å². The van der Waals surface area contributed by atoms with Crippen LogP contribution in [0.4, 0.5) is 0 Å². The third-order valence-electron chi connectivity index (χ3n) is 4.56. The predicted octanol–water partition coefficient (Wildman–Crippen LogP) is 1.93. The van der Waals surface area contributed by atoms with Crippen LogP contribution in [0.15, 0.2) is 18.2 Å². The molecule has 0 saturated carbocycles. The predicted molar refractivity (Wildman–Crippen MR) is 91.8 cm³/mol. The number of piperidine rings is 1. The molecule has 1 atom stereocenters. The van der Waals surface area contributed by atoms with Crippen LogP contribution in [0.25, 0.3) is 0 Å². The molecule has 0 bridgehead atoms. The SMILES string of the molecule is COc1cc(CN(C)CC(O)CN2CCC(C)CC2)ccc1O. The van der Waals surface area contributed by atoms with Gasteiger partial charge in [-0.3, -0.25) is 4.90 Å². The van der Waals surface area contributed by atoms with E-state index in [4.69, 9.17) is 4.74 Å². The molecular weight excluding hydrogens is 292 g/mol. The number of likely N-dealkylation sites (tertiary alicyclic amines) is 1.